The quantitative estimate of drug-likeness (QED) is 0.473. The second kappa shape index (κ2) is 11.9. The lowest BCUT2D eigenvalue weighted by Crippen LogP contribution is -2.48. The predicted octanol–water partition coefficient (Wildman–Crippen LogP) is 4.70. The fourth-order valence-electron chi connectivity index (χ4n) is 5.74. The van der Waals surface area contributed by atoms with Crippen LogP contribution >= 0.6 is 0 Å². The van der Waals surface area contributed by atoms with Crippen LogP contribution in [0.4, 0.5) is 0 Å². The maximum Gasteiger partial charge on any atom is 0.303 e. The molecular weight excluding hydrogens is 416 g/mol. The van der Waals surface area contributed by atoms with Crippen molar-refractivity contribution < 1.29 is 19.8 Å². The third-order valence-electron chi connectivity index (χ3n) is 8.14. The minimum Gasteiger partial charge on any atom is -0.508 e. The second-order valence-corrected chi connectivity index (χ2v) is 10.6. The van der Waals surface area contributed by atoms with Crippen LogP contribution in [0.15, 0.2) is 24.3 Å². The number of hydrogen-bond acceptors (Lipinski definition) is 4. The lowest BCUT2D eigenvalue weighted by Gasteiger charge is -2.45. The van der Waals surface area contributed by atoms with Gasteiger partial charge in [0.15, 0.2) is 0 Å². The average Bonchev–Trinajstić information content (AvgIpc) is 2.79. The summed E-state index contributed by atoms with van der Waals surface area (Å²) < 4.78 is 0. The number of benzene rings is 1. The lowest BCUT2D eigenvalue weighted by molar-refractivity contribution is -0.139. The number of carbonyl (C=O) groups excluding carboxylic acids is 1. The highest BCUT2D eigenvalue weighted by molar-refractivity contribution is 5.80. The largest absolute Gasteiger partial charge is 0.508 e. The monoisotopic (exact) mass is 458 g/mol. The Morgan fingerprint density at radius 1 is 1.21 bits per heavy atom. The number of carboxylic acid groups (broad SMARTS) is 1. The summed E-state index contributed by atoms with van der Waals surface area (Å²) in [4.78, 5) is 25.7. The molecule has 33 heavy (non-hydrogen) atoms. The van der Waals surface area contributed by atoms with Crippen molar-refractivity contribution in [2.45, 2.75) is 89.5 Å². The third-order valence-corrected chi connectivity index (χ3v) is 8.14. The normalized spacial score (nSPS) is 25.5. The van der Waals surface area contributed by atoms with Crippen LogP contribution in [0.2, 0.25) is 0 Å². The fraction of sp³-hybridized carbons (Fsp3) is 0.704. The molecule has 0 radical (unpaired) electrons. The Morgan fingerprint density at radius 2 is 1.97 bits per heavy atom. The minimum absolute atomic E-state index is 0.0434. The summed E-state index contributed by atoms with van der Waals surface area (Å²) in [5.41, 5.74) is 1.25. The Hall–Kier alpha value is -2.08. The van der Waals surface area contributed by atoms with Gasteiger partial charge in [-0.15, -0.1) is 0 Å². The van der Waals surface area contributed by atoms with E-state index in [9.17, 15) is 14.7 Å². The van der Waals surface area contributed by atoms with E-state index in [4.69, 9.17) is 5.11 Å². The zero-order chi connectivity index (χ0) is 23.8. The predicted molar refractivity (Wildman–Crippen MR) is 130 cm³/mol. The van der Waals surface area contributed by atoms with Gasteiger partial charge in [0.25, 0.3) is 0 Å². The highest BCUT2D eigenvalue weighted by atomic mass is 16.4. The molecule has 1 heterocycles. The SMILES string of the molecule is CC1CN(CCC(CC2CCCCC2)NC(=O)CCC(=O)O)CCC1(C)c1cccc(O)c1. The van der Waals surface area contributed by atoms with Gasteiger partial charge in [-0.3, -0.25) is 9.59 Å². The topological polar surface area (TPSA) is 89.9 Å². The molecule has 6 nitrogen and oxygen atoms in total. The second-order valence-electron chi connectivity index (χ2n) is 10.6. The van der Waals surface area contributed by atoms with Gasteiger partial charge < -0.3 is 20.4 Å². The molecule has 1 amide bonds. The zero-order valence-electron chi connectivity index (χ0n) is 20.4. The first-order chi connectivity index (χ1) is 15.8. The molecule has 1 aliphatic heterocycles. The number of likely N-dealkylation sites (tertiary alicyclic amines) is 1. The molecule has 1 aromatic carbocycles. The highest BCUT2D eigenvalue weighted by Gasteiger charge is 2.38. The van der Waals surface area contributed by atoms with Gasteiger partial charge in [0, 0.05) is 25.6 Å². The standard InChI is InChI=1S/C27H42N2O4/c1-20-19-29(16-14-27(20,2)22-9-6-10-24(30)18-22)15-13-23(17-21-7-4-3-5-8-21)28-25(31)11-12-26(32)33/h6,9-10,18,20-21,23,30H,3-5,7-8,11-17,19H2,1-2H3,(H,28,31)(H,32,33). The van der Waals surface area contributed by atoms with Crippen molar-refractivity contribution in [1.82, 2.24) is 10.2 Å². The Balaban J connectivity index is 1.55. The highest BCUT2D eigenvalue weighted by Crippen LogP contribution is 2.40. The summed E-state index contributed by atoms with van der Waals surface area (Å²) in [5, 5.41) is 22.0. The first kappa shape index (κ1) is 25.5. The Bertz CT molecular complexity index is 792. The van der Waals surface area contributed by atoms with E-state index >= 15 is 0 Å². The molecule has 3 atom stereocenters. The number of amides is 1. The van der Waals surface area contributed by atoms with Crippen LogP contribution in [0.5, 0.6) is 5.75 Å². The molecule has 184 valence electrons. The number of rotatable bonds is 10. The maximum absolute atomic E-state index is 12.4. The van der Waals surface area contributed by atoms with E-state index in [1.54, 1.807) is 6.07 Å². The maximum atomic E-state index is 12.4. The van der Waals surface area contributed by atoms with Gasteiger partial charge in [-0.25, -0.2) is 0 Å². The molecule has 2 fully saturated rings. The van der Waals surface area contributed by atoms with E-state index in [1.807, 2.05) is 12.1 Å². The molecule has 0 bridgehead atoms. The molecule has 1 aliphatic carbocycles. The van der Waals surface area contributed by atoms with Crippen molar-refractivity contribution >= 4 is 11.9 Å². The number of phenolic OH excluding ortho intramolecular Hbond substituents is 1. The van der Waals surface area contributed by atoms with E-state index in [1.165, 1.54) is 37.7 Å². The van der Waals surface area contributed by atoms with Gasteiger partial charge >= 0.3 is 5.97 Å². The van der Waals surface area contributed by atoms with Crippen LogP contribution in [0, 0.1) is 11.8 Å². The van der Waals surface area contributed by atoms with Gasteiger partial charge in [-0.2, -0.15) is 0 Å². The first-order valence-corrected chi connectivity index (χ1v) is 12.8. The number of nitrogens with zero attached hydrogens (tertiary/aromatic N) is 1. The summed E-state index contributed by atoms with van der Waals surface area (Å²) in [6.07, 6.45) is 9.25. The summed E-state index contributed by atoms with van der Waals surface area (Å²) in [7, 11) is 0. The molecule has 6 heteroatoms. The summed E-state index contributed by atoms with van der Waals surface area (Å²) in [6.45, 7) is 7.54. The van der Waals surface area contributed by atoms with Crippen LogP contribution in [-0.4, -0.2) is 52.7 Å². The van der Waals surface area contributed by atoms with Crippen LogP contribution in [0.1, 0.15) is 83.6 Å². The Kier molecular flexibility index (Phi) is 9.19. The molecular formula is C27H42N2O4. The number of piperidine rings is 1. The fourth-order valence-corrected chi connectivity index (χ4v) is 5.74. The van der Waals surface area contributed by atoms with Crippen molar-refractivity contribution in [3.8, 4) is 5.75 Å². The van der Waals surface area contributed by atoms with Crippen molar-refractivity contribution in [2.75, 3.05) is 19.6 Å². The summed E-state index contributed by atoms with van der Waals surface area (Å²) >= 11 is 0. The molecule has 1 aromatic rings. The summed E-state index contributed by atoms with van der Waals surface area (Å²) in [5.74, 6) is 0.383. The van der Waals surface area contributed by atoms with E-state index in [-0.39, 0.29) is 30.2 Å². The van der Waals surface area contributed by atoms with Gasteiger partial charge in [0.05, 0.1) is 6.42 Å². The Morgan fingerprint density at radius 3 is 2.64 bits per heavy atom. The van der Waals surface area contributed by atoms with E-state index < -0.39 is 5.97 Å². The molecule has 0 spiro atoms. The average molecular weight is 459 g/mol. The van der Waals surface area contributed by atoms with E-state index in [0.717, 1.165) is 38.9 Å². The van der Waals surface area contributed by atoms with Crippen molar-refractivity contribution in [3.63, 3.8) is 0 Å². The third kappa shape index (κ3) is 7.46. The smallest absolute Gasteiger partial charge is 0.303 e. The van der Waals surface area contributed by atoms with E-state index in [2.05, 4.69) is 30.1 Å². The van der Waals surface area contributed by atoms with Crippen LogP contribution in [-0.2, 0) is 15.0 Å². The molecule has 0 aromatic heterocycles. The number of aromatic hydroxyl groups is 1. The zero-order valence-corrected chi connectivity index (χ0v) is 20.4. The Labute approximate surface area is 198 Å². The van der Waals surface area contributed by atoms with Crippen LogP contribution in [0.25, 0.3) is 0 Å². The molecule has 3 N–H and O–H groups in total. The number of hydrogen-bond donors (Lipinski definition) is 3. The van der Waals surface area contributed by atoms with Crippen LogP contribution in [0.3, 0.4) is 0 Å². The molecule has 1 saturated heterocycles. The van der Waals surface area contributed by atoms with Crippen molar-refractivity contribution in [2.24, 2.45) is 11.8 Å². The minimum atomic E-state index is -0.925. The molecule has 3 unspecified atom stereocenters. The number of aliphatic carboxylic acids is 1. The van der Waals surface area contributed by atoms with E-state index in [0.29, 0.717) is 17.6 Å². The summed E-state index contributed by atoms with van der Waals surface area (Å²) in [6, 6.07) is 7.79. The van der Waals surface area contributed by atoms with Crippen LogP contribution < -0.4 is 5.32 Å². The molecule has 3 rings (SSSR count). The first-order valence-electron chi connectivity index (χ1n) is 12.8. The van der Waals surface area contributed by atoms with Gasteiger partial charge in [0.1, 0.15) is 5.75 Å². The number of carbonyl (C=O) groups is 2. The van der Waals surface area contributed by atoms with Gasteiger partial charge in [-0.05, 0) is 60.8 Å². The van der Waals surface area contributed by atoms with Crippen molar-refractivity contribution in [1.29, 1.82) is 0 Å². The van der Waals surface area contributed by atoms with Crippen molar-refractivity contribution in [3.05, 3.63) is 29.8 Å². The lowest BCUT2D eigenvalue weighted by atomic mass is 9.68. The van der Waals surface area contributed by atoms with Gasteiger partial charge in [-0.1, -0.05) is 58.1 Å². The molecule has 1 saturated carbocycles. The van der Waals surface area contributed by atoms with Gasteiger partial charge in [0.2, 0.25) is 5.91 Å². The molecule has 2 aliphatic rings. The number of nitrogens with one attached hydrogen (secondary N) is 1. The number of carboxylic acids is 1. The number of phenols is 1.